The van der Waals surface area contributed by atoms with Crippen LogP contribution in [0, 0.1) is 0 Å². The quantitative estimate of drug-likeness (QED) is 0.526. The molecule has 14 heavy (non-hydrogen) atoms. The first kappa shape index (κ1) is 10.8. The van der Waals surface area contributed by atoms with Crippen molar-refractivity contribution in [3.05, 3.63) is 35.9 Å². The van der Waals surface area contributed by atoms with E-state index in [4.69, 9.17) is 0 Å². The minimum Gasteiger partial charge on any atom is -0.303 e. The number of benzene rings is 1. The van der Waals surface area contributed by atoms with Gasteiger partial charge in [-0.2, -0.15) is 5.10 Å². The van der Waals surface area contributed by atoms with Crippen LogP contribution in [0.4, 0.5) is 0 Å². The van der Waals surface area contributed by atoms with Crippen LogP contribution in [-0.2, 0) is 0 Å². The molecule has 0 spiro atoms. The summed E-state index contributed by atoms with van der Waals surface area (Å²) in [7, 11) is 3.91. The number of hydrogen-bond acceptors (Lipinski definition) is 2. The fourth-order valence-corrected chi connectivity index (χ4v) is 1.36. The summed E-state index contributed by atoms with van der Waals surface area (Å²) >= 11 is 0. The molecule has 1 aromatic rings. The van der Waals surface area contributed by atoms with Crippen molar-refractivity contribution in [2.75, 3.05) is 14.1 Å². The van der Waals surface area contributed by atoms with Gasteiger partial charge in [-0.15, -0.1) is 0 Å². The van der Waals surface area contributed by atoms with Gasteiger partial charge in [0.25, 0.3) is 0 Å². The maximum absolute atomic E-state index is 4.49. The normalized spacial score (nSPS) is 11.5. The first-order chi connectivity index (χ1) is 6.74. The average Bonchev–Trinajstić information content (AvgIpc) is 2.18. The summed E-state index contributed by atoms with van der Waals surface area (Å²) in [4.78, 5) is 0. The van der Waals surface area contributed by atoms with E-state index in [0.717, 1.165) is 18.6 Å². The van der Waals surface area contributed by atoms with Crippen molar-refractivity contribution in [2.45, 2.75) is 19.8 Å². The molecule has 0 N–H and O–H groups in total. The third kappa shape index (κ3) is 3.21. The molecule has 0 aliphatic carbocycles. The summed E-state index contributed by atoms with van der Waals surface area (Å²) in [5.41, 5.74) is 2.39. The van der Waals surface area contributed by atoms with Gasteiger partial charge in [0.1, 0.15) is 0 Å². The third-order valence-electron chi connectivity index (χ3n) is 1.91. The maximum atomic E-state index is 4.49. The SMILES string of the molecule is CCC/C(=N\N(C)C)c1ccccc1. The molecule has 0 radical (unpaired) electrons. The summed E-state index contributed by atoms with van der Waals surface area (Å²) < 4.78 is 0. The zero-order valence-electron chi connectivity index (χ0n) is 9.20. The van der Waals surface area contributed by atoms with Crippen molar-refractivity contribution in [1.82, 2.24) is 5.01 Å². The Balaban J connectivity index is 2.89. The van der Waals surface area contributed by atoms with Crippen LogP contribution in [-0.4, -0.2) is 24.8 Å². The van der Waals surface area contributed by atoms with Gasteiger partial charge >= 0.3 is 0 Å². The van der Waals surface area contributed by atoms with E-state index in [0.29, 0.717) is 0 Å². The summed E-state index contributed by atoms with van der Waals surface area (Å²) in [6.07, 6.45) is 2.16. The van der Waals surface area contributed by atoms with E-state index >= 15 is 0 Å². The minimum absolute atomic E-state index is 1.03. The topological polar surface area (TPSA) is 15.6 Å². The molecule has 2 nitrogen and oxygen atoms in total. The van der Waals surface area contributed by atoms with Crippen LogP contribution in [0.5, 0.6) is 0 Å². The monoisotopic (exact) mass is 190 g/mol. The summed E-state index contributed by atoms with van der Waals surface area (Å²) in [6.45, 7) is 2.17. The summed E-state index contributed by atoms with van der Waals surface area (Å²) in [5.74, 6) is 0. The third-order valence-corrected chi connectivity index (χ3v) is 1.91. The first-order valence-corrected chi connectivity index (χ1v) is 5.04. The van der Waals surface area contributed by atoms with Gasteiger partial charge in [-0.25, -0.2) is 0 Å². The predicted octanol–water partition coefficient (Wildman–Crippen LogP) is 2.75. The van der Waals surface area contributed by atoms with Crippen LogP contribution < -0.4 is 0 Å². The van der Waals surface area contributed by atoms with Gasteiger partial charge in [0.15, 0.2) is 0 Å². The lowest BCUT2D eigenvalue weighted by Crippen LogP contribution is -2.09. The molecule has 0 heterocycles. The molecule has 0 saturated carbocycles. The Morgan fingerprint density at radius 2 is 1.86 bits per heavy atom. The van der Waals surface area contributed by atoms with E-state index in [9.17, 15) is 0 Å². The van der Waals surface area contributed by atoms with Gasteiger partial charge in [-0.1, -0.05) is 43.7 Å². The van der Waals surface area contributed by atoms with Crippen LogP contribution in [0.15, 0.2) is 35.4 Å². The molecule has 0 bridgehead atoms. The van der Waals surface area contributed by atoms with Crippen LogP contribution in [0.3, 0.4) is 0 Å². The van der Waals surface area contributed by atoms with Gasteiger partial charge < -0.3 is 5.01 Å². The molecule has 76 valence electrons. The average molecular weight is 190 g/mol. The number of rotatable bonds is 4. The van der Waals surface area contributed by atoms with Crippen molar-refractivity contribution >= 4 is 5.71 Å². The van der Waals surface area contributed by atoms with Crippen LogP contribution in [0.1, 0.15) is 25.3 Å². The highest BCUT2D eigenvalue weighted by Gasteiger charge is 2.01. The number of nitrogens with zero attached hydrogens (tertiary/aromatic N) is 2. The Morgan fingerprint density at radius 1 is 1.21 bits per heavy atom. The van der Waals surface area contributed by atoms with Crippen molar-refractivity contribution in [1.29, 1.82) is 0 Å². The lowest BCUT2D eigenvalue weighted by Gasteiger charge is -2.10. The standard InChI is InChI=1S/C12H18N2/c1-4-8-12(13-14(2)3)11-9-6-5-7-10-11/h5-7,9-10H,4,8H2,1-3H3/b13-12+. The van der Waals surface area contributed by atoms with Gasteiger partial charge in [0.05, 0.1) is 5.71 Å². The Kier molecular flexibility index (Phi) is 4.17. The van der Waals surface area contributed by atoms with Crippen LogP contribution >= 0.6 is 0 Å². The van der Waals surface area contributed by atoms with E-state index in [2.05, 4.69) is 36.3 Å². The Bertz CT molecular complexity index is 288. The second-order valence-corrected chi connectivity index (χ2v) is 3.51. The zero-order chi connectivity index (χ0) is 10.4. The second kappa shape index (κ2) is 5.43. The fourth-order valence-electron chi connectivity index (χ4n) is 1.36. The molecule has 1 rings (SSSR count). The summed E-state index contributed by atoms with van der Waals surface area (Å²) in [6, 6.07) is 10.4. The van der Waals surface area contributed by atoms with E-state index < -0.39 is 0 Å². The Labute approximate surface area is 86.2 Å². The van der Waals surface area contributed by atoms with Crippen molar-refractivity contribution < 1.29 is 0 Å². The highest BCUT2D eigenvalue weighted by atomic mass is 15.4. The lowest BCUT2D eigenvalue weighted by molar-refractivity contribution is 0.436. The van der Waals surface area contributed by atoms with E-state index in [-0.39, 0.29) is 0 Å². The zero-order valence-corrected chi connectivity index (χ0v) is 9.20. The van der Waals surface area contributed by atoms with E-state index in [1.807, 2.05) is 25.2 Å². The van der Waals surface area contributed by atoms with Crippen molar-refractivity contribution in [3.63, 3.8) is 0 Å². The van der Waals surface area contributed by atoms with E-state index in [1.54, 1.807) is 0 Å². The van der Waals surface area contributed by atoms with Crippen LogP contribution in [0.25, 0.3) is 0 Å². The molecule has 0 atom stereocenters. The Morgan fingerprint density at radius 3 is 2.36 bits per heavy atom. The first-order valence-electron chi connectivity index (χ1n) is 5.04. The molecule has 0 unspecified atom stereocenters. The van der Waals surface area contributed by atoms with Crippen LogP contribution in [0.2, 0.25) is 0 Å². The molecular formula is C12H18N2. The molecule has 0 aromatic heterocycles. The van der Waals surface area contributed by atoms with Gasteiger partial charge in [0, 0.05) is 14.1 Å². The molecule has 0 aliphatic heterocycles. The van der Waals surface area contributed by atoms with Gasteiger partial charge in [0.2, 0.25) is 0 Å². The highest BCUT2D eigenvalue weighted by Crippen LogP contribution is 2.06. The van der Waals surface area contributed by atoms with Crippen molar-refractivity contribution in [3.8, 4) is 0 Å². The molecule has 1 aromatic carbocycles. The predicted molar refractivity (Wildman–Crippen MR) is 61.6 cm³/mol. The smallest absolute Gasteiger partial charge is 0.0677 e. The largest absolute Gasteiger partial charge is 0.303 e. The fraction of sp³-hybridized carbons (Fsp3) is 0.417. The van der Waals surface area contributed by atoms with E-state index in [1.165, 1.54) is 5.56 Å². The maximum Gasteiger partial charge on any atom is 0.0677 e. The number of hydrazone groups is 1. The van der Waals surface area contributed by atoms with Gasteiger partial charge in [-0.05, 0) is 12.0 Å². The second-order valence-electron chi connectivity index (χ2n) is 3.51. The summed E-state index contributed by atoms with van der Waals surface area (Å²) in [5, 5.41) is 6.35. The number of hydrogen-bond donors (Lipinski definition) is 0. The Hall–Kier alpha value is -1.31. The molecule has 0 aliphatic rings. The molecule has 2 heteroatoms. The van der Waals surface area contributed by atoms with Gasteiger partial charge in [-0.3, -0.25) is 0 Å². The molecule has 0 saturated heterocycles. The molecule has 0 fully saturated rings. The molecule has 0 amide bonds. The lowest BCUT2D eigenvalue weighted by atomic mass is 10.1. The van der Waals surface area contributed by atoms with Crippen molar-refractivity contribution in [2.24, 2.45) is 5.10 Å². The molecular weight excluding hydrogens is 172 g/mol. The minimum atomic E-state index is 1.03. The highest BCUT2D eigenvalue weighted by molar-refractivity contribution is 6.00.